The molecule has 2 fully saturated rings. The molecule has 1 heterocycles. The van der Waals surface area contributed by atoms with Crippen LogP contribution in [-0.2, 0) is 20.3 Å². The fourth-order valence-corrected chi connectivity index (χ4v) is 5.90. The van der Waals surface area contributed by atoms with Crippen LogP contribution in [0.5, 0.6) is 0 Å². The summed E-state index contributed by atoms with van der Waals surface area (Å²) in [5.74, 6) is -0.553. The van der Waals surface area contributed by atoms with Crippen molar-refractivity contribution in [3.05, 3.63) is 11.6 Å². The van der Waals surface area contributed by atoms with Crippen molar-refractivity contribution in [2.24, 2.45) is 0 Å². The molecule has 1 aliphatic carbocycles. The van der Waals surface area contributed by atoms with E-state index in [9.17, 15) is 24.3 Å². The Bertz CT molecular complexity index is 553. The van der Waals surface area contributed by atoms with Crippen molar-refractivity contribution in [3.63, 3.8) is 0 Å². The molecule has 2 aliphatic rings. The Morgan fingerprint density at radius 2 is 2.00 bits per heavy atom. The van der Waals surface area contributed by atoms with Crippen molar-refractivity contribution >= 4 is 16.6 Å². The minimum atomic E-state index is -2.20. The molecule has 0 spiro atoms. The molecule has 132 valence electrons. The van der Waals surface area contributed by atoms with Crippen molar-refractivity contribution in [3.8, 4) is 0 Å². The lowest BCUT2D eigenvalue weighted by Gasteiger charge is -2.60. The fourth-order valence-electron chi connectivity index (χ4n) is 3.87. The first kappa shape index (κ1) is 18.7. The molecule has 0 radical (unpaired) electrons. The van der Waals surface area contributed by atoms with Crippen LogP contribution in [0.1, 0.15) is 40.0 Å². The zero-order valence-corrected chi connectivity index (χ0v) is 14.9. The van der Waals surface area contributed by atoms with E-state index in [0.29, 0.717) is 0 Å². The van der Waals surface area contributed by atoms with E-state index in [-0.39, 0.29) is 30.8 Å². The number of carbonyl (C=O) groups excluding carboxylic acids is 1. The summed E-state index contributed by atoms with van der Waals surface area (Å²) < 4.78 is 17.8. The first-order chi connectivity index (χ1) is 10.5. The highest BCUT2D eigenvalue weighted by atomic mass is 32.2. The second-order valence-corrected chi connectivity index (χ2v) is 8.68. The number of hydrogen-bond donors (Lipinski definition) is 3. The van der Waals surface area contributed by atoms with Crippen molar-refractivity contribution in [2.75, 3.05) is 12.9 Å². The van der Waals surface area contributed by atoms with E-state index < -0.39 is 39.0 Å². The van der Waals surface area contributed by atoms with Gasteiger partial charge >= 0.3 is 0 Å². The predicted molar refractivity (Wildman–Crippen MR) is 86.4 cm³/mol. The van der Waals surface area contributed by atoms with Crippen LogP contribution in [0.25, 0.3) is 0 Å². The fraction of sp³-hybridized carbons (Fsp3) is 0.812. The molecule has 0 aromatic heterocycles. The summed E-state index contributed by atoms with van der Waals surface area (Å²) in [6, 6.07) is 0. The topological polar surface area (TPSA) is 104 Å². The van der Waals surface area contributed by atoms with Gasteiger partial charge in [-0.3, -0.25) is 9.00 Å². The van der Waals surface area contributed by atoms with E-state index >= 15 is 0 Å². The summed E-state index contributed by atoms with van der Waals surface area (Å²) in [5.41, 5.74) is -4.96. The monoisotopic (exact) mass is 346 g/mol. The summed E-state index contributed by atoms with van der Waals surface area (Å²) in [4.78, 5) is 12.2. The van der Waals surface area contributed by atoms with Gasteiger partial charge in [-0.25, -0.2) is 0 Å². The number of carbonyl (C=O) groups is 1. The second kappa shape index (κ2) is 6.04. The Morgan fingerprint density at radius 3 is 2.52 bits per heavy atom. The summed E-state index contributed by atoms with van der Waals surface area (Å²) in [5, 5.41) is 32.5. The van der Waals surface area contributed by atoms with Crippen LogP contribution in [0.3, 0.4) is 0 Å². The van der Waals surface area contributed by atoms with Gasteiger partial charge < -0.3 is 20.1 Å². The standard InChI is InChI=1S/C16H26O6S/c1-10(2)5-6-12-14(3,18)16(20)13(22-4)11(17)7-8-15(16,19)9-23(12)21/h5,12-13,18-20H,6-9H2,1-4H3. The molecule has 3 N–H and O–H groups in total. The highest BCUT2D eigenvalue weighted by molar-refractivity contribution is 7.85. The lowest BCUT2D eigenvalue weighted by molar-refractivity contribution is -0.285. The van der Waals surface area contributed by atoms with Crippen molar-refractivity contribution in [1.82, 2.24) is 0 Å². The number of hydrogen-bond acceptors (Lipinski definition) is 6. The van der Waals surface area contributed by atoms with Gasteiger partial charge in [-0.05, 0) is 33.6 Å². The number of methoxy groups -OCH3 is 1. The number of rotatable bonds is 3. The molecule has 6 atom stereocenters. The summed E-state index contributed by atoms with van der Waals surface area (Å²) in [6.45, 7) is 5.10. The van der Waals surface area contributed by atoms with E-state index in [1.807, 2.05) is 19.9 Å². The maximum atomic E-state index is 12.6. The molecule has 0 amide bonds. The molecule has 1 aliphatic heterocycles. The van der Waals surface area contributed by atoms with Crippen molar-refractivity contribution in [1.29, 1.82) is 0 Å². The van der Waals surface area contributed by atoms with Crippen molar-refractivity contribution in [2.45, 2.75) is 68.2 Å². The Kier molecular flexibility index (Phi) is 4.92. The number of aliphatic hydroxyl groups is 3. The minimum absolute atomic E-state index is 0.0171. The van der Waals surface area contributed by atoms with Gasteiger partial charge in [0.15, 0.2) is 11.4 Å². The first-order valence-corrected chi connectivity index (χ1v) is 9.12. The quantitative estimate of drug-likeness (QED) is 0.625. The van der Waals surface area contributed by atoms with E-state index in [1.165, 1.54) is 14.0 Å². The predicted octanol–water partition coefficient (Wildman–Crippen LogP) is 0.0647. The molecular formula is C16H26O6S. The molecule has 1 saturated heterocycles. The number of allylic oxidation sites excluding steroid dienone is 2. The maximum Gasteiger partial charge on any atom is 0.164 e. The smallest absolute Gasteiger partial charge is 0.164 e. The summed E-state index contributed by atoms with van der Waals surface area (Å²) in [6.07, 6.45) is 0.743. The number of ketones is 1. The van der Waals surface area contributed by atoms with Crippen LogP contribution < -0.4 is 0 Å². The van der Waals surface area contributed by atoms with Crippen LogP contribution in [0.4, 0.5) is 0 Å². The zero-order chi connectivity index (χ0) is 17.6. The number of Topliss-reactive ketones (excluding diaryl/α,β-unsaturated/α-hetero) is 1. The maximum absolute atomic E-state index is 12.6. The Hall–Kier alpha value is -0.600. The van der Waals surface area contributed by atoms with E-state index in [1.54, 1.807) is 0 Å². The van der Waals surface area contributed by atoms with Gasteiger partial charge in [-0.2, -0.15) is 0 Å². The summed E-state index contributed by atoms with van der Waals surface area (Å²) >= 11 is 0. The van der Waals surface area contributed by atoms with Crippen LogP contribution in [0.2, 0.25) is 0 Å². The highest BCUT2D eigenvalue weighted by Gasteiger charge is 2.73. The molecule has 23 heavy (non-hydrogen) atoms. The van der Waals surface area contributed by atoms with Crippen LogP contribution in [-0.4, -0.2) is 66.3 Å². The molecule has 0 aromatic carbocycles. The number of ether oxygens (including phenoxy) is 1. The average molecular weight is 346 g/mol. The highest BCUT2D eigenvalue weighted by Crippen LogP contribution is 2.51. The Labute approximate surface area is 139 Å². The second-order valence-electron chi connectivity index (χ2n) is 7.06. The molecular weight excluding hydrogens is 320 g/mol. The normalized spacial score (nSPS) is 47.1. The van der Waals surface area contributed by atoms with Gasteiger partial charge in [0.05, 0.1) is 11.0 Å². The molecule has 7 heteroatoms. The first-order valence-electron chi connectivity index (χ1n) is 7.74. The Morgan fingerprint density at radius 1 is 1.39 bits per heavy atom. The third-order valence-corrected chi connectivity index (χ3v) is 7.29. The molecule has 6 nitrogen and oxygen atoms in total. The van der Waals surface area contributed by atoms with Crippen LogP contribution >= 0.6 is 0 Å². The third kappa shape index (κ3) is 2.62. The van der Waals surface area contributed by atoms with Crippen LogP contribution in [0, 0.1) is 0 Å². The molecule has 6 unspecified atom stereocenters. The minimum Gasteiger partial charge on any atom is -0.386 e. The lowest BCUT2D eigenvalue weighted by Crippen LogP contribution is -2.83. The van der Waals surface area contributed by atoms with Crippen LogP contribution in [0.15, 0.2) is 11.6 Å². The van der Waals surface area contributed by atoms with Gasteiger partial charge in [0.25, 0.3) is 0 Å². The van der Waals surface area contributed by atoms with Gasteiger partial charge in [0.2, 0.25) is 0 Å². The third-order valence-electron chi connectivity index (χ3n) is 5.24. The number of fused-ring (bicyclic) bond motifs is 1. The molecule has 1 saturated carbocycles. The Balaban J connectivity index is 2.55. The van der Waals surface area contributed by atoms with E-state index in [2.05, 4.69) is 0 Å². The van der Waals surface area contributed by atoms with Gasteiger partial charge in [0, 0.05) is 24.3 Å². The van der Waals surface area contributed by atoms with E-state index in [4.69, 9.17) is 4.74 Å². The lowest BCUT2D eigenvalue weighted by atomic mass is 9.60. The van der Waals surface area contributed by atoms with Crippen molar-refractivity contribution < 1.29 is 29.1 Å². The SMILES string of the molecule is COC1C(=O)CCC2(O)CS(=O)C(CC=C(C)C)C(C)(O)C12O. The average Bonchev–Trinajstić information content (AvgIpc) is 2.42. The van der Waals surface area contributed by atoms with Gasteiger partial charge in [-0.1, -0.05) is 11.6 Å². The molecule has 0 bridgehead atoms. The summed E-state index contributed by atoms with van der Waals surface area (Å²) in [7, 11) is -0.284. The zero-order valence-electron chi connectivity index (χ0n) is 14.0. The van der Waals surface area contributed by atoms with E-state index in [0.717, 1.165) is 5.57 Å². The van der Waals surface area contributed by atoms with Gasteiger partial charge in [0.1, 0.15) is 17.3 Å². The van der Waals surface area contributed by atoms with Gasteiger partial charge in [-0.15, -0.1) is 0 Å². The largest absolute Gasteiger partial charge is 0.386 e. The molecule has 2 rings (SSSR count). The molecule has 0 aromatic rings.